The molecule has 2 aromatic rings. The van der Waals surface area contributed by atoms with Crippen molar-refractivity contribution in [2.45, 2.75) is 6.92 Å². The third-order valence-electron chi connectivity index (χ3n) is 2.12. The van der Waals surface area contributed by atoms with Crippen LogP contribution in [0.5, 0.6) is 0 Å². The van der Waals surface area contributed by atoms with Crippen molar-refractivity contribution >= 4 is 27.3 Å². The second-order valence-electron chi connectivity index (χ2n) is 3.27. The number of aryl methyl sites for hydroxylation is 1. The van der Waals surface area contributed by atoms with E-state index in [1.807, 2.05) is 6.07 Å². The van der Waals surface area contributed by atoms with Crippen molar-refractivity contribution in [1.82, 2.24) is 0 Å². The minimum absolute atomic E-state index is 0.727. The first kappa shape index (κ1) is 10.4. The van der Waals surface area contributed by atoms with Crippen molar-refractivity contribution in [3.8, 4) is 16.5 Å². The summed E-state index contributed by atoms with van der Waals surface area (Å²) in [7, 11) is 0. The third kappa shape index (κ3) is 2.11. The third-order valence-corrected chi connectivity index (χ3v) is 4.10. The van der Waals surface area contributed by atoms with Crippen LogP contribution in [0.15, 0.2) is 34.8 Å². The number of halogens is 1. The minimum Gasteiger partial charge on any atom is -0.191 e. The monoisotopic (exact) mass is 277 g/mol. The fraction of sp³-hybridized carbons (Fsp3) is 0.0833. The Morgan fingerprint density at radius 1 is 1.27 bits per heavy atom. The van der Waals surface area contributed by atoms with Gasteiger partial charge >= 0.3 is 0 Å². The normalized spacial score (nSPS) is 9.93. The van der Waals surface area contributed by atoms with Gasteiger partial charge in [0.25, 0.3) is 0 Å². The second-order valence-corrected chi connectivity index (χ2v) is 5.17. The van der Waals surface area contributed by atoms with Crippen molar-refractivity contribution in [2.75, 3.05) is 0 Å². The minimum atomic E-state index is 0.727. The highest BCUT2D eigenvalue weighted by atomic mass is 79.9. The molecule has 0 radical (unpaired) electrons. The Morgan fingerprint density at radius 3 is 2.47 bits per heavy atom. The van der Waals surface area contributed by atoms with E-state index in [0.717, 1.165) is 19.8 Å². The number of rotatable bonds is 1. The van der Waals surface area contributed by atoms with Crippen LogP contribution in [0.3, 0.4) is 0 Å². The Balaban J connectivity index is 2.46. The lowest BCUT2D eigenvalue weighted by Gasteiger charge is -1.96. The fourth-order valence-electron chi connectivity index (χ4n) is 1.31. The molecule has 0 spiro atoms. The molecule has 0 N–H and O–H groups in total. The predicted molar refractivity (Wildman–Crippen MR) is 66.9 cm³/mol. The molecule has 0 fully saturated rings. The lowest BCUT2D eigenvalue weighted by molar-refractivity contribution is 1.48. The van der Waals surface area contributed by atoms with Gasteiger partial charge in [0, 0.05) is 9.35 Å². The lowest BCUT2D eigenvalue weighted by atomic mass is 10.1. The summed E-state index contributed by atoms with van der Waals surface area (Å²) < 4.78 is 0.880. The number of nitrogens with zero attached hydrogens (tertiary/aromatic N) is 1. The topological polar surface area (TPSA) is 23.8 Å². The van der Waals surface area contributed by atoms with E-state index in [9.17, 15) is 0 Å². The molecular formula is C12H8BrNS. The molecule has 0 amide bonds. The molecule has 0 saturated carbocycles. The van der Waals surface area contributed by atoms with Crippen LogP contribution in [0, 0.1) is 18.3 Å². The van der Waals surface area contributed by atoms with Crippen molar-refractivity contribution in [2.24, 2.45) is 0 Å². The van der Waals surface area contributed by atoms with Crippen molar-refractivity contribution in [3.63, 3.8) is 0 Å². The molecule has 2 rings (SSSR count). The quantitative estimate of drug-likeness (QED) is 0.760. The molecule has 1 nitrogen and oxygen atoms in total. The number of hydrogen-bond donors (Lipinski definition) is 0. The van der Waals surface area contributed by atoms with Gasteiger partial charge in [0.1, 0.15) is 10.9 Å². The molecular weight excluding hydrogens is 270 g/mol. The van der Waals surface area contributed by atoms with Gasteiger partial charge in [0.2, 0.25) is 0 Å². The molecule has 0 aliphatic carbocycles. The van der Waals surface area contributed by atoms with Gasteiger partial charge in [-0.15, -0.1) is 11.3 Å². The number of thiophene rings is 1. The number of hydrogen-bond acceptors (Lipinski definition) is 2. The molecule has 0 aliphatic rings. The van der Waals surface area contributed by atoms with Gasteiger partial charge in [-0.2, -0.15) is 5.26 Å². The summed E-state index contributed by atoms with van der Waals surface area (Å²) in [6, 6.07) is 12.5. The fourth-order valence-corrected chi connectivity index (χ4v) is 2.87. The van der Waals surface area contributed by atoms with Crippen molar-refractivity contribution in [3.05, 3.63) is 45.2 Å². The van der Waals surface area contributed by atoms with Crippen molar-refractivity contribution < 1.29 is 0 Å². The van der Waals surface area contributed by atoms with Crippen LogP contribution < -0.4 is 0 Å². The Hall–Kier alpha value is -1.11. The SMILES string of the molecule is Cc1ccc(-c2cc(Br)c(C#N)s2)cc1. The smallest absolute Gasteiger partial charge is 0.119 e. The molecule has 3 heteroatoms. The van der Waals surface area contributed by atoms with Gasteiger partial charge in [0.15, 0.2) is 0 Å². The molecule has 1 aromatic heterocycles. The maximum absolute atomic E-state index is 8.85. The molecule has 0 aliphatic heterocycles. The summed E-state index contributed by atoms with van der Waals surface area (Å²) >= 11 is 4.89. The molecule has 15 heavy (non-hydrogen) atoms. The molecule has 1 aromatic carbocycles. The second kappa shape index (κ2) is 4.18. The molecule has 74 valence electrons. The highest BCUT2D eigenvalue weighted by Gasteiger charge is 2.07. The average molecular weight is 278 g/mol. The van der Waals surface area contributed by atoms with Crippen LogP contribution in [0.2, 0.25) is 0 Å². The Kier molecular flexibility index (Phi) is 2.90. The van der Waals surface area contributed by atoms with E-state index >= 15 is 0 Å². The summed E-state index contributed by atoms with van der Waals surface area (Å²) in [4.78, 5) is 1.85. The van der Waals surface area contributed by atoms with E-state index in [1.54, 1.807) is 0 Å². The van der Waals surface area contributed by atoms with Gasteiger partial charge < -0.3 is 0 Å². The van der Waals surface area contributed by atoms with Crippen LogP contribution in [-0.4, -0.2) is 0 Å². The van der Waals surface area contributed by atoms with Gasteiger partial charge in [-0.1, -0.05) is 29.8 Å². The Labute approximate surface area is 101 Å². The molecule has 1 heterocycles. The van der Waals surface area contributed by atoms with Crippen LogP contribution in [0.25, 0.3) is 10.4 Å². The first-order chi connectivity index (χ1) is 7.20. The molecule has 0 unspecified atom stereocenters. The van der Waals surface area contributed by atoms with E-state index < -0.39 is 0 Å². The van der Waals surface area contributed by atoms with Crippen LogP contribution in [-0.2, 0) is 0 Å². The highest BCUT2D eigenvalue weighted by molar-refractivity contribution is 9.10. The molecule has 0 saturated heterocycles. The number of nitriles is 1. The van der Waals surface area contributed by atoms with E-state index in [2.05, 4.69) is 53.2 Å². The van der Waals surface area contributed by atoms with Gasteiger partial charge in [-0.3, -0.25) is 0 Å². The maximum atomic E-state index is 8.85. The Bertz CT molecular complexity index is 520. The largest absolute Gasteiger partial charge is 0.191 e. The average Bonchev–Trinajstić information content (AvgIpc) is 2.61. The summed E-state index contributed by atoms with van der Waals surface area (Å²) in [6.45, 7) is 2.06. The van der Waals surface area contributed by atoms with Gasteiger partial charge in [-0.05, 0) is 34.5 Å². The molecule has 0 bridgehead atoms. The van der Waals surface area contributed by atoms with Gasteiger partial charge in [0.05, 0.1) is 0 Å². The first-order valence-electron chi connectivity index (χ1n) is 4.47. The zero-order valence-electron chi connectivity index (χ0n) is 8.12. The zero-order valence-corrected chi connectivity index (χ0v) is 10.5. The standard InChI is InChI=1S/C12H8BrNS/c1-8-2-4-9(5-3-8)11-6-10(13)12(7-14)15-11/h2-6H,1H3. The van der Waals surface area contributed by atoms with Crippen LogP contribution in [0.1, 0.15) is 10.4 Å². The molecule has 0 atom stereocenters. The zero-order chi connectivity index (χ0) is 10.8. The maximum Gasteiger partial charge on any atom is 0.119 e. The number of benzene rings is 1. The van der Waals surface area contributed by atoms with Crippen molar-refractivity contribution in [1.29, 1.82) is 5.26 Å². The first-order valence-corrected chi connectivity index (χ1v) is 6.08. The van der Waals surface area contributed by atoms with Crippen LogP contribution >= 0.6 is 27.3 Å². The van der Waals surface area contributed by atoms with Crippen LogP contribution in [0.4, 0.5) is 0 Å². The van der Waals surface area contributed by atoms with E-state index in [1.165, 1.54) is 16.9 Å². The highest BCUT2D eigenvalue weighted by Crippen LogP contribution is 2.34. The van der Waals surface area contributed by atoms with E-state index in [-0.39, 0.29) is 0 Å². The lowest BCUT2D eigenvalue weighted by Crippen LogP contribution is -1.72. The summed E-state index contributed by atoms with van der Waals surface area (Å²) in [5.41, 5.74) is 2.41. The Morgan fingerprint density at radius 2 is 1.93 bits per heavy atom. The summed E-state index contributed by atoms with van der Waals surface area (Å²) in [6.07, 6.45) is 0. The van der Waals surface area contributed by atoms with E-state index in [0.29, 0.717) is 0 Å². The predicted octanol–water partition coefficient (Wildman–Crippen LogP) is 4.36. The summed E-state index contributed by atoms with van der Waals surface area (Å²) in [5, 5.41) is 8.85. The van der Waals surface area contributed by atoms with Gasteiger partial charge in [-0.25, -0.2) is 0 Å². The van der Waals surface area contributed by atoms with E-state index in [4.69, 9.17) is 5.26 Å². The summed E-state index contributed by atoms with van der Waals surface area (Å²) in [5.74, 6) is 0.